The fourth-order valence-corrected chi connectivity index (χ4v) is 2.40. The average molecular weight is 256 g/mol. The zero-order valence-electron chi connectivity index (χ0n) is 11.2. The Hall–Kier alpha value is -2.16. The van der Waals surface area contributed by atoms with Crippen molar-refractivity contribution in [2.75, 3.05) is 0 Å². The van der Waals surface area contributed by atoms with Crippen LogP contribution in [0.5, 0.6) is 11.5 Å². The highest BCUT2D eigenvalue weighted by molar-refractivity contribution is 6.08. The molecule has 3 heteroatoms. The Bertz CT molecular complexity index is 776. The van der Waals surface area contributed by atoms with Gasteiger partial charge in [-0.25, -0.2) is 0 Å². The number of aromatic hydroxyl groups is 2. The van der Waals surface area contributed by atoms with E-state index in [0.717, 1.165) is 10.8 Å². The van der Waals surface area contributed by atoms with Crippen molar-refractivity contribution in [2.24, 2.45) is 0 Å². The number of para-hydroxylation sites is 1. The molecule has 1 heterocycles. The van der Waals surface area contributed by atoms with Crippen molar-refractivity contribution in [3.63, 3.8) is 0 Å². The van der Waals surface area contributed by atoms with Crippen LogP contribution in [-0.2, 0) is 5.41 Å². The van der Waals surface area contributed by atoms with Crippen molar-refractivity contribution in [1.29, 1.82) is 0 Å². The molecular formula is C16H16O3. The maximum atomic E-state index is 10.2. The maximum Gasteiger partial charge on any atom is 0.202 e. The third-order valence-electron chi connectivity index (χ3n) is 3.43. The summed E-state index contributed by atoms with van der Waals surface area (Å²) in [5.41, 5.74) is 1.50. The van der Waals surface area contributed by atoms with Gasteiger partial charge in [0.05, 0.1) is 0 Å². The number of hydrogen-bond donors (Lipinski definition) is 2. The molecule has 0 aliphatic carbocycles. The summed E-state index contributed by atoms with van der Waals surface area (Å²) in [6.07, 6.45) is 0. The molecule has 19 heavy (non-hydrogen) atoms. The van der Waals surface area contributed by atoms with Gasteiger partial charge in [-0.05, 0) is 17.5 Å². The molecule has 0 aliphatic rings. The maximum absolute atomic E-state index is 10.2. The molecule has 1 aromatic heterocycles. The molecule has 0 aliphatic heterocycles. The Morgan fingerprint density at radius 2 is 1.63 bits per heavy atom. The van der Waals surface area contributed by atoms with Crippen LogP contribution in [0.1, 0.15) is 26.3 Å². The minimum absolute atomic E-state index is 0.0981. The molecule has 0 fully saturated rings. The average Bonchev–Trinajstić information content (AvgIpc) is 2.71. The lowest BCUT2D eigenvalue weighted by atomic mass is 9.85. The number of benzene rings is 2. The van der Waals surface area contributed by atoms with Crippen LogP contribution in [0.4, 0.5) is 0 Å². The minimum Gasteiger partial charge on any atom is -0.504 e. The molecule has 0 bridgehead atoms. The predicted molar refractivity (Wildman–Crippen MR) is 75.7 cm³/mol. The molecule has 0 saturated carbocycles. The van der Waals surface area contributed by atoms with Gasteiger partial charge in [0.25, 0.3) is 0 Å². The van der Waals surface area contributed by atoms with E-state index in [1.165, 1.54) is 0 Å². The summed E-state index contributed by atoms with van der Waals surface area (Å²) in [5, 5.41) is 22.1. The zero-order valence-corrected chi connectivity index (χ0v) is 11.2. The number of phenols is 2. The molecule has 2 aromatic carbocycles. The first-order valence-corrected chi connectivity index (χ1v) is 6.26. The van der Waals surface area contributed by atoms with E-state index in [1.54, 1.807) is 0 Å². The smallest absolute Gasteiger partial charge is 0.202 e. The zero-order chi connectivity index (χ0) is 13.8. The van der Waals surface area contributed by atoms with Crippen LogP contribution in [0.3, 0.4) is 0 Å². The lowest BCUT2D eigenvalue weighted by Crippen LogP contribution is -2.11. The van der Waals surface area contributed by atoms with Gasteiger partial charge < -0.3 is 14.6 Å². The number of hydrogen-bond acceptors (Lipinski definition) is 3. The molecule has 98 valence electrons. The Labute approximate surface area is 111 Å². The molecule has 3 aromatic rings. The molecular weight excluding hydrogens is 240 g/mol. The monoisotopic (exact) mass is 256 g/mol. The van der Waals surface area contributed by atoms with Crippen LogP contribution in [0.25, 0.3) is 21.9 Å². The van der Waals surface area contributed by atoms with E-state index in [0.29, 0.717) is 16.7 Å². The van der Waals surface area contributed by atoms with Gasteiger partial charge in [0.1, 0.15) is 5.58 Å². The summed E-state index contributed by atoms with van der Waals surface area (Å²) in [4.78, 5) is 0. The summed E-state index contributed by atoms with van der Waals surface area (Å²) >= 11 is 0. The van der Waals surface area contributed by atoms with Crippen molar-refractivity contribution in [3.05, 3.63) is 35.9 Å². The van der Waals surface area contributed by atoms with E-state index >= 15 is 0 Å². The van der Waals surface area contributed by atoms with Gasteiger partial charge in [0.15, 0.2) is 11.3 Å². The molecule has 3 rings (SSSR count). The molecule has 0 unspecified atom stereocenters. The first-order chi connectivity index (χ1) is 8.89. The van der Waals surface area contributed by atoms with Gasteiger partial charge in [-0.3, -0.25) is 0 Å². The van der Waals surface area contributed by atoms with Crippen LogP contribution in [0.2, 0.25) is 0 Å². The van der Waals surface area contributed by atoms with Crippen LogP contribution in [-0.4, -0.2) is 10.2 Å². The third kappa shape index (κ3) is 1.65. The van der Waals surface area contributed by atoms with Gasteiger partial charge in [-0.1, -0.05) is 39.0 Å². The highest BCUT2D eigenvalue weighted by Crippen LogP contribution is 2.45. The van der Waals surface area contributed by atoms with E-state index in [1.807, 2.05) is 51.1 Å². The summed E-state index contributed by atoms with van der Waals surface area (Å²) in [6, 6.07) is 9.51. The predicted octanol–water partition coefficient (Wildman–Crippen LogP) is 4.29. The number of furan rings is 1. The number of rotatable bonds is 0. The quantitative estimate of drug-likeness (QED) is 0.590. The summed E-state index contributed by atoms with van der Waals surface area (Å²) in [6.45, 7) is 5.99. The Morgan fingerprint density at radius 1 is 0.947 bits per heavy atom. The van der Waals surface area contributed by atoms with Gasteiger partial charge in [0.2, 0.25) is 5.75 Å². The molecule has 2 N–H and O–H groups in total. The van der Waals surface area contributed by atoms with Crippen LogP contribution in [0.15, 0.2) is 34.7 Å². The standard InChI is InChI=1S/C16H16O3/c1-16(2,3)11-8-10-9-6-4-5-7-12(9)19-15(10)14(18)13(11)17/h4-8,17-18H,1-3H3. The van der Waals surface area contributed by atoms with E-state index in [9.17, 15) is 10.2 Å². The van der Waals surface area contributed by atoms with E-state index in [-0.39, 0.29) is 16.9 Å². The summed E-state index contributed by atoms with van der Waals surface area (Å²) < 4.78 is 5.62. The van der Waals surface area contributed by atoms with E-state index < -0.39 is 0 Å². The van der Waals surface area contributed by atoms with Crippen LogP contribution in [0, 0.1) is 0 Å². The summed E-state index contributed by atoms with van der Waals surface area (Å²) in [5.74, 6) is -0.280. The molecule has 0 saturated heterocycles. The van der Waals surface area contributed by atoms with Gasteiger partial charge in [-0.2, -0.15) is 0 Å². The molecule has 3 nitrogen and oxygen atoms in total. The topological polar surface area (TPSA) is 53.6 Å². The van der Waals surface area contributed by atoms with E-state index in [4.69, 9.17) is 4.42 Å². The first-order valence-electron chi connectivity index (χ1n) is 6.26. The van der Waals surface area contributed by atoms with Crippen molar-refractivity contribution in [3.8, 4) is 11.5 Å². The normalized spacial score (nSPS) is 12.4. The second kappa shape index (κ2) is 3.67. The minimum atomic E-state index is -0.256. The van der Waals surface area contributed by atoms with Crippen molar-refractivity contribution >= 4 is 21.9 Å². The van der Waals surface area contributed by atoms with Crippen molar-refractivity contribution in [1.82, 2.24) is 0 Å². The molecule has 0 atom stereocenters. The van der Waals surface area contributed by atoms with Gasteiger partial charge >= 0.3 is 0 Å². The third-order valence-corrected chi connectivity index (χ3v) is 3.43. The van der Waals surface area contributed by atoms with Gasteiger partial charge in [0, 0.05) is 16.3 Å². The fraction of sp³-hybridized carbons (Fsp3) is 0.250. The number of fused-ring (bicyclic) bond motifs is 3. The second-order valence-corrected chi connectivity index (χ2v) is 5.85. The lowest BCUT2D eigenvalue weighted by molar-refractivity contribution is 0.388. The number of phenolic OH excluding ortho intramolecular Hbond substituents is 2. The molecule has 0 radical (unpaired) electrons. The van der Waals surface area contributed by atoms with Gasteiger partial charge in [-0.15, -0.1) is 0 Å². The lowest BCUT2D eigenvalue weighted by Gasteiger charge is -2.20. The second-order valence-electron chi connectivity index (χ2n) is 5.85. The van der Waals surface area contributed by atoms with Crippen LogP contribution >= 0.6 is 0 Å². The molecule has 0 spiro atoms. The van der Waals surface area contributed by atoms with Crippen molar-refractivity contribution in [2.45, 2.75) is 26.2 Å². The van der Waals surface area contributed by atoms with Crippen molar-refractivity contribution < 1.29 is 14.6 Å². The molecule has 0 amide bonds. The first kappa shape index (κ1) is 11.9. The SMILES string of the molecule is CC(C)(C)c1cc2c(oc3ccccc32)c(O)c1O. The van der Waals surface area contributed by atoms with E-state index in [2.05, 4.69) is 0 Å². The Morgan fingerprint density at radius 3 is 2.32 bits per heavy atom. The largest absolute Gasteiger partial charge is 0.504 e. The van der Waals surface area contributed by atoms with Crippen LogP contribution < -0.4 is 0 Å². The summed E-state index contributed by atoms with van der Waals surface area (Å²) in [7, 11) is 0. The fourth-order valence-electron chi connectivity index (χ4n) is 2.40. The highest BCUT2D eigenvalue weighted by atomic mass is 16.4. The highest BCUT2D eigenvalue weighted by Gasteiger charge is 2.24. The Balaban J connectivity index is 2.50. The Kier molecular flexibility index (Phi) is 2.30.